The van der Waals surface area contributed by atoms with Crippen molar-refractivity contribution in [3.05, 3.63) is 29.3 Å². The number of carboxylic acids is 1. The van der Waals surface area contributed by atoms with Gasteiger partial charge in [0.15, 0.2) is 5.01 Å². The Labute approximate surface area is 209 Å². The van der Waals surface area contributed by atoms with Crippen LogP contribution in [-0.2, 0) is 14.4 Å². The number of alkyl halides is 3. The molecule has 1 aliphatic rings. The van der Waals surface area contributed by atoms with Crippen molar-refractivity contribution in [2.75, 3.05) is 19.6 Å². The molecule has 13 heteroatoms. The third-order valence-electron chi connectivity index (χ3n) is 5.56. The molecule has 1 aliphatic heterocycles. The summed E-state index contributed by atoms with van der Waals surface area (Å²) in [5.74, 6) is -3.38. The number of benzene rings is 1. The van der Waals surface area contributed by atoms with E-state index in [0.29, 0.717) is 31.1 Å². The summed E-state index contributed by atoms with van der Waals surface area (Å²) in [4.78, 5) is 52.7. The summed E-state index contributed by atoms with van der Waals surface area (Å²) in [6.45, 7) is 3.16. The number of likely N-dealkylation sites (tertiary alicyclic amines) is 1. The highest BCUT2D eigenvalue weighted by Crippen LogP contribution is 2.24. The lowest BCUT2D eigenvalue weighted by molar-refractivity contribution is -0.192. The van der Waals surface area contributed by atoms with E-state index >= 15 is 0 Å². The quantitative estimate of drug-likeness (QED) is 0.352. The molecule has 0 unspecified atom stereocenters. The van der Waals surface area contributed by atoms with E-state index in [9.17, 15) is 27.6 Å². The van der Waals surface area contributed by atoms with Crippen LogP contribution in [-0.4, -0.2) is 70.4 Å². The molecule has 1 aromatic heterocycles. The van der Waals surface area contributed by atoms with Gasteiger partial charge in [0.05, 0.1) is 22.2 Å². The fourth-order valence-electron chi connectivity index (χ4n) is 3.65. The number of unbranched alkanes of at least 4 members (excludes halogenated alkanes) is 1. The van der Waals surface area contributed by atoms with Gasteiger partial charge in [-0.25, -0.2) is 9.78 Å². The first kappa shape index (κ1) is 29.2. The first-order valence-corrected chi connectivity index (χ1v) is 12.2. The molecule has 1 fully saturated rings. The number of ketones is 1. The number of thiazole rings is 1. The predicted molar refractivity (Wildman–Crippen MR) is 127 cm³/mol. The van der Waals surface area contributed by atoms with Gasteiger partial charge in [-0.05, 0) is 50.8 Å². The van der Waals surface area contributed by atoms with E-state index in [4.69, 9.17) is 15.6 Å². The number of Topliss-reactive ketones (excluding diaryl/α,β-unsaturated/α-hetero) is 1. The molecule has 0 radical (unpaired) electrons. The first-order valence-electron chi connectivity index (χ1n) is 11.4. The zero-order valence-electron chi connectivity index (χ0n) is 19.7. The van der Waals surface area contributed by atoms with Crippen LogP contribution in [0.4, 0.5) is 13.2 Å². The van der Waals surface area contributed by atoms with Crippen molar-refractivity contribution in [2.24, 2.45) is 11.7 Å². The van der Waals surface area contributed by atoms with Crippen LogP contribution < -0.4 is 11.1 Å². The van der Waals surface area contributed by atoms with Crippen LogP contribution in [0.25, 0.3) is 10.2 Å². The fraction of sp³-hybridized carbons (Fsp3) is 0.522. The number of nitrogens with two attached hydrogens (primary N) is 1. The number of carbonyl (C=O) groups is 4. The molecule has 2 aromatic rings. The number of aliphatic carboxylic acids is 1. The maximum absolute atomic E-state index is 13.1. The lowest BCUT2D eigenvalue weighted by Gasteiger charge is -2.32. The number of rotatable bonds is 8. The first-order chi connectivity index (χ1) is 16.9. The number of carbonyl (C=O) groups excluding carboxylic acids is 3. The Bertz CT molecular complexity index is 1040. The number of fused-ring (bicyclic) bond motifs is 1. The number of hydrogen-bond donors (Lipinski definition) is 3. The van der Waals surface area contributed by atoms with Crippen LogP contribution >= 0.6 is 11.3 Å². The minimum atomic E-state index is -5.08. The van der Waals surface area contributed by atoms with Crippen molar-refractivity contribution in [3.8, 4) is 0 Å². The highest BCUT2D eigenvalue weighted by atomic mass is 32.1. The highest BCUT2D eigenvalue weighted by molar-refractivity contribution is 7.20. The van der Waals surface area contributed by atoms with Crippen LogP contribution in [0.3, 0.4) is 0 Å². The molecular weight excluding hydrogens is 501 g/mol. The van der Waals surface area contributed by atoms with Gasteiger partial charge in [-0.2, -0.15) is 13.2 Å². The molecule has 2 atom stereocenters. The Kier molecular flexibility index (Phi) is 10.8. The number of hydrogen-bond acceptors (Lipinski definition) is 7. The Balaban J connectivity index is 0.000000572. The number of nitrogens with zero attached hydrogens (tertiary/aromatic N) is 2. The molecule has 9 nitrogen and oxygen atoms in total. The zero-order chi connectivity index (χ0) is 26.9. The molecule has 1 aromatic carbocycles. The van der Waals surface area contributed by atoms with Crippen molar-refractivity contribution in [1.82, 2.24) is 15.2 Å². The van der Waals surface area contributed by atoms with Gasteiger partial charge in [0.2, 0.25) is 17.6 Å². The highest BCUT2D eigenvalue weighted by Gasteiger charge is 2.38. The third kappa shape index (κ3) is 8.55. The van der Waals surface area contributed by atoms with Crippen LogP contribution in [0.5, 0.6) is 0 Å². The zero-order valence-corrected chi connectivity index (χ0v) is 20.5. The van der Waals surface area contributed by atoms with E-state index < -0.39 is 18.2 Å². The molecule has 2 heterocycles. The molecule has 1 saturated heterocycles. The van der Waals surface area contributed by atoms with E-state index in [-0.39, 0.29) is 23.5 Å². The van der Waals surface area contributed by atoms with Crippen LogP contribution in [0.1, 0.15) is 48.8 Å². The number of carboxylic acid groups (broad SMARTS) is 1. The topological polar surface area (TPSA) is 143 Å². The van der Waals surface area contributed by atoms with Crippen molar-refractivity contribution in [2.45, 2.75) is 51.2 Å². The normalized spacial score (nSPS) is 16.6. The number of para-hydroxylation sites is 1. The Hall–Kier alpha value is -3.06. The van der Waals surface area contributed by atoms with Crippen molar-refractivity contribution >= 4 is 45.1 Å². The Morgan fingerprint density at radius 2 is 1.92 bits per heavy atom. The lowest BCUT2D eigenvalue weighted by atomic mass is 9.96. The molecule has 36 heavy (non-hydrogen) atoms. The van der Waals surface area contributed by atoms with Gasteiger partial charge in [0, 0.05) is 20.0 Å². The van der Waals surface area contributed by atoms with E-state index in [1.165, 1.54) is 18.3 Å². The summed E-state index contributed by atoms with van der Waals surface area (Å²) in [5.41, 5.74) is 6.38. The van der Waals surface area contributed by atoms with Crippen molar-refractivity contribution < 1.29 is 37.5 Å². The summed E-state index contributed by atoms with van der Waals surface area (Å²) in [5, 5.41) is 10.5. The van der Waals surface area contributed by atoms with E-state index in [1.807, 2.05) is 24.3 Å². The van der Waals surface area contributed by atoms with Crippen LogP contribution in [0, 0.1) is 5.92 Å². The van der Waals surface area contributed by atoms with Crippen molar-refractivity contribution in [1.29, 1.82) is 0 Å². The number of aromatic nitrogens is 1. The van der Waals surface area contributed by atoms with Gasteiger partial charge < -0.3 is 21.1 Å². The summed E-state index contributed by atoms with van der Waals surface area (Å²) in [7, 11) is 0. The SMILES string of the molecule is CC(=O)N1CCC[C@@H](C(=O)N[C@H](CCCCN)C(=O)c2nc3ccccc3s2)C1.O=C(O)C(F)(F)F. The Morgan fingerprint density at radius 1 is 1.25 bits per heavy atom. The number of nitrogens with one attached hydrogen (secondary N) is 1. The van der Waals surface area contributed by atoms with Gasteiger partial charge in [0.1, 0.15) is 0 Å². The third-order valence-corrected chi connectivity index (χ3v) is 6.62. The molecule has 0 bridgehead atoms. The number of amides is 2. The molecule has 3 rings (SSSR count). The van der Waals surface area contributed by atoms with E-state index in [0.717, 1.165) is 35.9 Å². The van der Waals surface area contributed by atoms with Gasteiger partial charge >= 0.3 is 12.1 Å². The average molecular weight is 531 g/mol. The minimum absolute atomic E-state index is 0.0208. The summed E-state index contributed by atoms with van der Waals surface area (Å²) in [6, 6.07) is 7.00. The molecule has 2 amide bonds. The van der Waals surface area contributed by atoms with Gasteiger partial charge in [-0.15, -0.1) is 11.3 Å². The molecule has 0 aliphatic carbocycles. The standard InChI is InChI=1S/C21H28N4O3S.C2HF3O2/c1-14(26)25-12-6-7-15(13-25)20(28)23-17(9-4-5-11-22)19(27)21-24-16-8-2-3-10-18(16)29-21;3-2(4,5)1(6)7/h2-3,8,10,15,17H,4-7,9,11-13,22H2,1H3,(H,23,28);(H,6,7)/t15-,17-;/m1./s1. The maximum atomic E-state index is 13.1. The van der Waals surface area contributed by atoms with Gasteiger partial charge in [-0.3, -0.25) is 14.4 Å². The fourth-order valence-corrected chi connectivity index (χ4v) is 4.62. The second-order valence-electron chi connectivity index (χ2n) is 8.30. The predicted octanol–water partition coefficient (Wildman–Crippen LogP) is 2.98. The van der Waals surface area contributed by atoms with Gasteiger partial charge in [0.25, 0.3) is 0 Å². The smallest absolute Gasteiger partial charge is 0.475 e. The maximum Gasteiger partial charge on any atom is 0.490 e. The summed E-state index contributed by atoms with van der Waals surface area (Å²) >= 11 is 1.35. The minimum Gasteiger partial charge on any atom is -0.475 e. The van der Waals surface area contributed by atoms with Crippen LogP contribution in [0.15, 0.2) is 24.3 Å². The lowest BCUT2D eigenvalue weighted by Crippen LogP contribution is -2.49. The van der Waals surface area contributed by atoms with E-state index in [1.54, 1.807) is 4.90 Å². The second-order valence-corrected chi connectivity index (χ2v) is 9.33. The van der Waals surface area contributed by atoms with Gasteiger partial charge in [-0.1, -0.05) is 12.1 Å². The molecule has 0 spiro atoms. The summed E-state index contributed by atoms with van der Waals surface area (Å²) < 4.78 is 32.7. The number of piperidine rings is 1. The average Bonchev–Trinajstić information content (AvgIpc) is 3.27. The Morgan fingerprint density at radius 3 is 2.50 bits per heavy atom. The number of halogens is 3. The van der Waals surface area contributed by atoms with E-state index in [2.05, 4.69) is 10.3 Å². The molecule has 4 N–H and O–H groups in total. The monoisotopic (exact) mass is 530 g/mol. The molecule has 198 valence electrons. The molecule has 0 saturated carbocycles. The second kappa shape index (κ2) is 13.3. The largest absolute Gasteiger partial charge is 0.490 e. The summed E-state index contributed by atoms with van der Waals surface area (Å²) in [6.07, 6.45) is -1.49. The van der Waals surface area contributed by atoms with Crippen molar-refractivity contribution in [3.63, 3.8) is 0 Å². The molecular formula is C23H29F3N4O5S. The van der Waals surface area contributed by atoms with Crippen LogP contribution in [0.2, 0.25) is 0 Å².